The van der Waals surface area contributed by atoms with Gasteiger partial charge in [-0.3, -0.25) is 9.59 Å². The zero-order valence-electron chi connectivity index (χ0n) is 12.7. The van der Waals surface area contributed by atoms with Crippen molar-refractivity contribution in [3.8, 4) is 0 Å². The summed E-state index contributed by atoms with van der Waals surface area (Å²) in [6.07, 6.45) is 6.13. The van der Waals surface area contributed by atoms with Gasteiger partial charge in [-0.25, -0.2) is 0 Å². The Kier molecular flexibility index (Phi) is 7.59. The third-order valence-electron chi connectivity index (χ3n) is 4.24. The molecule has 0 aromatic carbocycles. The molecule has 116 valence electrons. The van der Waals surface area contributed by atoms with Crippen LogP contribution in [0, 0.1) is 11.8 Å². The van der Waals surface area contributed by atoms with E-state index in [4.69, 9.17) is 5.11 Å². The van der Waals surface area contributed by atoms with E-state index in [0.717, 1.165) is 25.2 Å². The fourth-order valence-electron chi connectivity index (χ4n) is 2.92. The number of amides is 1. The summed E-state index contributed by atoms with van der Waals surface area (Å²) in [7, 11) is 1.84. The molecule has 0 saturated heterocycles. The van der Waals surface area contributed by atoms with Gasteiger partial charge in [0.25, 0.3) is 0 Å². The number of nitrogens with one attached hydrogen (secondary N) is 2. The fraction of sp³-hybridized carbons (Fsp3) is 0.867. The topological polar surface area (TPSA) is 78.4 Å². The van der Waals surface area contributed by atoms with E-state index in [1.165, 1.54) is 12.8 Å². The number of likely N-dealkylation sites (N-methyl/N-ethyl adjacent to an activating group) is 1. The van der Waals surface area contributed by atoms with Gasteiger partial charge in [-0.1, -0.05) is 19.8 Å². The standard InChI is InChI=1S/C15H28N2O3/c1-11-6-8-12(9-7-11)14(16-2)15(20)17-10-4-3-5-13(18)19/h11-12,14,16H,3-10H2,1-2H3,(H,17,20)(H,18,19)/t11?,12?,14-/m0/s1. The third kappa shape index (κ3) is 5.90. The second-order valence-electron chi connectivity index (χ2n) is 5.93. The molecule has 1 aliphatic rings. The van der Waals surface area contributed by atoms with Crippen LogP contribution in [0.15, 0.2) is 0 Å². The van der Waals surface area contributed by atoms with Crippen LogP contribution >= 0.6 is 0 Å². The maximum atomic E-state index is 12.2. The molecule has 0 aromatic rings. The number of carbonyl (C=O) groups is 2. The van der Waals surface area contributed by atoms with Gasteiger partial charge in [0.2, 0.25) is 5.91 Å². The molecule has 0 spiro atoms. The van der Waals surface area contributed by atoms with Gasteiger partial charge in [0, 0.05) is 13.0 Å². The Balaban J connectivity index is 2.26. The Morgan fingerprint density at radius 1 is 1.20 bits per heavy atom. The van der Waals surface area contributed by atoms with Crippen molar-refractivity contribution in [2.75, 3.05) is 13.6 Å². The molecule has 0 bridgehead atoms. The zero-order chi connectivity index (χ0) is 15.0. The molecule has 20 heavy (non-hydrogen) atoms. The van der Waals surface area contributed by atoms with Gasteiger partial charge >= 0.3 is 5.97 Å². The van der Waals surface area contributed by atoms with E-state index < -0.39 is 5.97 Å². The van der Waals surface area contributed by atoms with Gasteiger partial charge < -0.3 is 15.7 Å². The molecule has 1 fully saturated rings. The van der Waals surface area contributed by atoms with Gasteiger partial charge in [0.1, 0.15) is 0 Å². The van der Waals surface area contributed by atoms with E-state index in [9.17, 15) is 9.59 Å². The van der Waals surface area contributed by atoms with Crippen LogP contribution in [0.25, 0.3) is 0 Å². The molecule has 0 unspecified atom stereocenters. The average Bonchev–Trinajstić information content (AvgIpc) is 2.41. The predicted molar refractivity (Wildman–Crippen MR) is 78.5 cm³/mol. The van der Waals surface area contributed by atoms with Crippen LogP contribution in [0.2, 0.25) is 0 Å². The van der Waals surface area contributed by atoms with Crippen LogP contribution in [-0.2, 0) is 9.59 Å². The highest BCUT2D eigenvalue weighted by molar-refractivity contribution is 5.82. The summed E-state index contributed by atoms with van der Waals surface area (Å²) in [5, 5.41) is 14.6. The maximum absolute atomic E-state index is 12.2. The van der Waals surface area contributed by atoms with E-state index in [2.05, 4.69) is 17.6 Å². The normalized spacial score (nSPS) is 24.1. The fourth-order valence-corrected chi connectivity index (χ4v) is 2.92. The molecule has 0 aliphatic heterocycles. The first-order valence-corrected chi connectivity index (χ1v) is 7.71. The molecule has 1 amide bonds. The highest BCUT2D eigenvalue weighted by Crippen LogP contribution is 2.30. The SMILES string of the molecule is CN[C@H](C(=O)NCCCCC(=O)O)C1CCC(C)CC1. The first-order valence-electron chi connectivity index (χ1n) is 7.71. The molecule has 0 aromatic heterocycles. The van der Waals surface area contributed by atoms with Crippen LogP contribution in [0.5, 0.6) is 0 Å². The molecule has 5 heteroatoms. The molecule has 1 atom stereocenters. The van der Waals surface area contributed by atoms with E-state index in [-0.39, 0.29) is 18.4 Å². The van der Waals surface area contributed by atoms with E-state index in [1.807, 2.05) is 7.05 Å². The Hall–Kier alpha value is -1.10. The van der Waals surface area contributed by atoms with Crippen molar-refractivity contribution < 1.29 is 14.7 Å². The number of hydrogen-bond donors (Lipinski definition) is 3. The predicted octanol–water partition coefficient (Wildman–Crippen LogP) is 1.77. The Morgan fingerprint density at radius 2 is 1.85 bits per heavy atom. The molecule has 1 rings (SSSR count). The zero-order valence-corrected chi connectivity index (χ0v) is 12.7. The maximum Gasteiger partial charge on any atom is 0.303 e. The van der Waals surface area contributed by atoms with Crippen LogP contribution < -0.4 is 10.6 Å². The van der Waals surface area contributed by atoms with E-state index in [1.54, 1.807) is 0 Å². The molecular formula is C15H28N2O3. The van der Waals surface area contributed by atoms with Gasteiger partial charge in [0.05, 0.1) is 6.04 Å². The second kappa shape index (κ2) is 8.95. The van der Waals surface area contributed by atoms with Crippen molar-refractivity contribution >= 4 is 11.9 Å². The summed E-state index contributed by atoms with van der Waals surface area (Å²) in [6.45, 7) is 2.83. The number of carboxylic acids is 1. The highest BCUT2D eigenvalue weighted by atomic mass is 16.4. The summed E-state index contributed by atoms with van der Waals surface area (Å²) < 4.78 is 0. The van der Waals surface area contributed by atoms with Gasteiger partial charge in [-0.2, -0.15) is 0 Å². The van der Waals surface area contributed by atoms with Gasteiger partial charge in [-0.15, -0.1) is 0 Å². The Morgan fingerprint density at radius 3 is 2.40 bits per heavy atom. The van der Waals surface area contributed by atoms with Crippen molar-refractivity contribution in [3.63, 3.8) is 0 Å². The van der Waals surface area contributed by atoms with Crippen LogP contribution in [0.3, 0.4) is 0 Å². The minimum atomic E-state index is -0.777. The van der Waals surface area contributed by atoms with Crippen molar-refractivity contribution in [3.05, 3.63) is 0 Å². The number of aliphatic carboxylic acids is 1. The molecular weight excluding hydrogens is 256 g/mol. The lowest BCUT2D eigenvalue weighted by Gasteiger charge is -2.31. The first kappa shape index (κ1) is 17.0. The quantitative estimate of drug-likeness (QED) is 0.594. The average molecular weight is 284 g/mol. The lowest BCUT2D eigenvalue weighted by atomic mass is 9.79. The molecule has 0 radical (unpaired) electrons. The smallest absolute Gasteiger partial charge is 0.303 e. The minimum Gasteiger partial charge on any atom is -0.481 e. The minimum absolute atomic E-state index is 0.0578. The number of carboxylic acid groups (broad SMARTS) is 1. The lowest BCUT2D eigenvalue weighted by molar-refractivity contribution is -0.137. The molecule has 5 nitrogen and oxygen atoms in total. The van der Waals surface area contributed by atoms with Gasteiger partial charge in [-0.05, 0) is 44.6 Å². The summed E-state index contributed by atoms with van der Waals surface area (Å²) in [6, 6.07) is -0.109. The van der Waals surface area contributed by atoms with Gasteiger partial charge in [0.15, 0.2) is 0 Å². The molecule has 3 N–H and O–H groups in total. The summed E-state index contributed by atoms with van der Waals surface area (Å²) in [5.41, 5.74) is 0. The largest absolute Gasteiger partial charge is 0.481 e. The third-order valence-corrected chi connectivity index (χ3v) is 4.24. The van der Waals surface area contributed by atoms with E-state index in [0.29, 0.717) is 18.9 Å². The first-order chi connectivity index (χ1) is 9.54. The van der Waals surface area contributed by atoms with Crippen LogP contribution in [-0.4, -0.2) is 36.6 Å². The number of hydrogen-bond acceptors (Lipinski definition) is 3. The lowest BCUT2D eigenvalue weighted by Crippen LogP contribution is -2.48. The Labute approximate surface area is 121 Å². The van der Waals surface area contributed by atoms with Crippen LogP contribution in [0.1, 0.15) is 51.9 Å². The summed E-state index contributed by atoms with van der Waals surface area (Å²) in [4.78, 5) is 22.5. The van der Waals surface area contributed by atoms with Crippen molar-refractivity contribution in [2.45, 2.75) is 57.9 Å². The van der Waals surface area contributed by atoms with Crippen molar-refractivity contribution in [1.29, 1.82) is 0 Å². The monoisotopic (exact) mass is 284 g/mol. The number of unbranched alkanes of at least 4 members (excludes halogenated alkanes) is 1. The highest BCUT2D eigenvalue weighted by Gasteiger charge is 2.29. The molecule has 1 saturated carbocycles. The second-order valence-corrected chi connectivity index (χ2v) is 5.93. The molecule has 0 heterocycles. The summed E-state index contributed by atoms with van der Waals surface area (Å²) >= 11 is 0. The number of rotatable bonds is 8. The van der Waals surface area contributed by atoms with Crippen molar-refractivity contribution in [1.82, 2.24) is 10.6 Å². The van der Waals surface area contributed by atoms with Crippen LogP contribution in [0.4, 0.5) is 0 Å². The Bertz CT molecular complexity index is 312. The summed E-state index contributed by atoms with van der Waals surface area (Å²) in [5.74, 6) is 0.487. The number of carbonyl (C=O) groups excluding carboxylic acids is 1. The van der Waals surface area contributed by atoms with E-state index >= 15 is 0 Å². The van der Waals surface area contributed by atoms with Crippen molar-refractivity contribution in [2.24, 2.45) is 11.8 Å². The molecule has 1 aliphatic carbocycles.